The fourth-order valence-electron chi connectivity index (χ4n) is 2.41. The van der Waals surface area contributed by atoms with Crippen molar-refractivity contribution in [2.45, 2.75) is 39.7 Å². The van der Waals surface area contributed by atoms with Crippen molar-refractivity contribution >= 4 is 5.95 Å². The summed E-state index contributed by atoms with van der Waals surface area (Å²) in [7, 11) is 0. The minimum Gasteiger partial charge on any atom is -0.374 e. The van der Waals surface area contributed by atoms with Gasteiger partial charge in [-0.05, 0) is 19.4 Å². The molecule has 1 unspecified atom stereocenters. The van der Waals surface area contributed by atoms with E-state index in [9.17, 15) is 0 Å². The van der Waals surface area contributed by atoms with Gasteiger partial charge in [-0.15, -0.1) is 5.10 Å². The van der Waals surface area contributed by atoms with Gasteiger partial charge in [0.1, 0.15) is 0 Å². The van der Waals surface area contributed by atoms with E-state index >= 15 is 0 Å². The molecule has 1 aliphatic rings. The van der Waals surface area contributed by atoms with Crippen molar-refractivity contribution in [2.75, 3.05) is 38.1 Å². The van der Waals surface area contributed by atoms with Gasteiger partial charge in [-0.1, -0.05) is 20.8 Å². The van der Waals surface area contributed by atoms with Gasteiger partial charge in [-0.2, -0.15) is 5.10 Å². The second-order valence-corrected chi connectivity index (χ2v) is 5.00. The van der Waals surface area contributed by atoms with Crippen LogP contribution < -0.4 is 5.32 Å². The number of nitrogens with one attached hydrogen (secondary N) is 1. The topological polar surface area (TPSA) is 63.2 Å². The highest BCUT2D eigenvalue weighted by atomic mass is 16.5. The molecular formula is C14H25N5O. The van der Waals surface area contributed by atoms with Crippen molar-refractivity contribution in [3.63, 3.8) is 0 Å². The first-order chi connectivity index (χ1) is 9.76. The summed E-state index contributed by atoms with van der Waals surface area (Å²) in [4.78, 5) is 6.93. The first kappa shape index (κ1) is 15.1. The molecule has 112 valence electrons. The molecule has 20 heavy (non-hydrogen) atoms. The molecule has 1 aromatic rings. The summed E-state index contributed by atoms with van der Waals surface area (Å²) in [6.45, 7) is 10.9. The molecule has 1 N–H and O–H groups in total. The Morgan fingerprint density at radius 1 is 1.20 bits per heavy atom. The highest BCUT2D eigenvalue weighted by Crippen LogP contribution is 2.09. The van der Waals surface area contributed by atoms with Crippen LogP contribution in [0.5, 0.6) is 0 Å². The van der Waals surface area contributed by atoms with E-state index in [1.165, 1.54) is 0 Å². The third kappa shape index (κ3) is 3.86. The summed E-state index contributed by atoms with van der Waals surface area (Å²) in [6, 6.07) is 0. The third-order valence-electron chi connectivity index (χ3n) is 3.67. The van der Waals surface area contributed by atoms with Crippen LogP contribution in [0.3, 0.4) is 0 Å². The predicted molar refractivity (Wildman–Crippen MR) is 78.9 cm³/mol. The molecule has 1 fully saturated rings. The van der Waals surface area contributed by atoms with Crippen molar-refractivity contribution < 1.29 is 4.74 Å². The molecular weight excluding hydrogens is 254 g/mol. The minimum absolute atomic E-state index is 0.197. The maximum atomic E-state index is 5.75. The number of nitrogens with zero attached hydrogens (tertiary/aromatic N) is 4. The molecule has 0 bridgehead atoms. The van der Waals surface area contributed by atoms with Gasteiger partial charge in [0.15, 0.2) is 0 Å². The van der Waals surface area contributed by atoms with Crippen LogP contribution in [-0.4, -0.2) is 59.0 Å². The second-order valence-electron chi connectivity index (χ2n) is 5.00. The molecule has 0 spiro atoms. The molecule has 0 saturated carbocycles. The lowest BCUT2D eigenvalue weighted by atomic mass is 10.2. The number of aromatic nitrogens is 3. The van der Waals surface area contributed by atoms with Crippen molar-refractivity contribution in [3.8, 4) is 0 Å². The molecule has 2 rings (SSSR count). The van der Waals surface area contributed by atoms with E-state index in [0.29, 0.717) is 5.95 Å². The SMILES string of the molecule is CCc1nnc(NCC2CN(CC)CCO2)nc1CC. The molecule has 0 aromatic carbocycles. The number of hydrogen-bond acceptors (Lipinski definition) is 6. The Labute approximate surface area is 120 Å². The normalized spacial score (nSPS) is 20.1. The van der Waals surface area contributed by atoms with E-state index in [0.717, 1.165) is 57.0 Å². The summed E-state index contributed by atoms with van der Waals surface area (Å²) >= 11 is 0. The zero-order valence-electron chi connectivity index (χ0n) is 12.7. The number of likely N-dealkylation sites (N-methyl/N-ethyl adjacent to an activating group) is 1. The Bertz CT molecular complexity index is 426. The molecule has 0 radical (unpaired) electrons. The molecule has 1 aromatic heterocycles. The summed E-state index contributed by atoms with van der Waals surface area (Å²) in [5, 5.41) is 11.6. The van der Waals surface area contributed by atoms with E-state index in [2.05, 4.69) is 46.2 Å². The van der Waals surface area contributed by atoms with Gasteiger partial charge >= 0.3 is 0 Å². The molecule has 0 amide bonds. The van der Waals surface area contributed by atoms with E-state index in [1.54, 1.807) is 0 Å². The summed E-state index contributed by atoms with van der Waals surface area (Å²) in [5.74, 6) is 0.608. The Hall–Kier alpha value is -1.27. The Morgan fingerprint density at radius 3 is 2.70 bits per heavy atom. The van der Waals surface area contributed by atoms with Gasteiger partial charge in [-0.25, -0.2) is 4.98 Å². The fraction of sp³-hybridized carbons (Fsp3) is 0.786. The van der Waals surface area contributed by atoms with Gasteiger partial charge in [0.2, 0.25) is 5.95 Å². The van der Waals surface area contributed by atoms with Crippen LogP contribution in [0, 0.1) is 0 Å². The first-order valence-electron chi connectivity index (χ1n) is 7.57. The zero-order chi connectivity index (χ0) is 14.4. The van der Waals surface area contributed by atoms with Crippen LogP contribution in [0.1, 0.15) is 32.2 Å². The average Bonchev–Trinajstić information content (AvgIpc) is 2.52. The monoisotopic (exact) mass is 279 g/mol. The van der Waals surface area contributed by atoms with Crippen LogP contribution in [0.4, 0.5) is 5.95 Å². The standard InChI is InChI=1S/C14H25N5O/c1-4-12-13(5-2)17-18-14(16-12)15-9-11-10-19(6-3)7-8-20-11/h11H,4-10H2,1-3H3,(H,15,16,18). The lowest BCUT2D eigenvalue weighted by molar-refractivity contribution is -0.0192. The molecule has 1 atom stereocenters. The van der Waals surface area contributed by atoms with Gasteiger partial charge in [-0.3, -0.25) is 4.90 Å². The third-order valence-corrected chi connectivity index (χ3v) is 3.67. The fourth-order valence-corrected chi connectivity index (χ4v) is 2.41. The summed E-state index contributed by atoms with van der Waals surface area (Å²) < 4.78 is 5.75. The number of hydrogen-bond donors (Lipinski definition) is 1. The van der Waals surface area contributed by atoms with Crippen LogP contribution in [-0.2, 0) is 17.6 Å². The van der Waals surface area contributed by atoms with E-state index in [1.807, 2.05) is 0 Å². The number of rotatable bonds is 6. The lowest BCUT2D eigenvalue weighted by Gasteiger charge is -2.32. The maximum Gasteiger partial charge on any atom is 0.243 e. The van der Waals surface area contributed by atoms with Crippen molar-refractivity contribution in [1.82, 2.24) is 20.1 Å². The van der Waals surface area contributed by atoms with Crippen molar-refractivity contribution in [3.05, 3.63) is 11.4 Å². The van der Waals surface area contributed by atoms with Crippen molar-refractivity contribution in [1.29, 1.82) is 0 Å². The Balaban J connectivity index is 1.90. The first-order valence-corrected chi connectivity index (χ1v) is 7.57. The molecule has 1 aliphatic heterocycles. The molecule has 6 heteroatoms. The molecule has 0 aliphatic carbocycles. The molecule has 2 heterocycles. The number of ether oxygens (including phenoxy) is 1. The largest absolute Gasteiger partial charge is 0.374 e. The summed E-state index contributed by atoms with van der Waals surface area (Å²) in [6.07, 6.45) is 1.96. The van der Waals surface area contributed by atoms with E-state index in [-0.39, 0.29) is 6.10 Å². The summed E-state index contributed by atoms with van der Waals surface area (Å²) in [5.41, 5.74) is 2.02. The Morgan fingerprint density at radius 2 is 2.00 bits per heavy atom. The van der Waals surface area contributed by atoms with Crippen LogP contribution in [0.2, 0.25) is 0 Å². The quantitative estimate of drug-likeness (QED) is 0.842. The number of aryl methyl sites for hydroxylation is 2. The smallest absolute Gasteiger partial charge is 0.243 e. The second kappa shape index (κ2) is 7.50. The average molecular weight is 279 g/mol. The van der Waals surface area contributed by atoms with E-state index in [4.69, 9.17) is 4.74 Å². The minimum atomic E-state index is 0.197. The van der Waals surface area contributed by atoms with Crippen LogP contribution in [0.25, 0.3) is 0 Å². The van der Waals surface area contributed by atoms with Gasteiger partial charge in [0.05, 0.1) is 24.1 Å². The van der Waals surface area contributed by atoms with Gasteiger partial charge in [0.25, 0.3) is 0 Å². The van der Waals surface area contributed by atoms with Gasteiger partial charge in [0, 0.05) is 19.6 Å². The Kier molecular flexibility index (Phi) is 5.67. The maximum absolute atomic E-state index is 5.75. The number of anilines is 1. The highest BCUT2D eigenvalue weighted by molar-refractivity contribution is 5.26. The number of morpholine rings is 1. The highest BCUT2D eigenvalue weighted by Gasteiger charge is 2.19. The molecule has 6 nitrogen and oxygen atoms in total. The van der Waals surface area contributed by atoms with Gasteiger partial charge < -0.3 is 10.1 Å². The van der Waals surface area contributed by atoms with E-state index < -0.39 is 0 Å². The van der Waals surface area contributed by atoms with Crippen LogP contribution in [0.15, 0.2) is 0 Å². The van der Waals surface area contributed by atoms with Crippen molar-refractivity contribution in [2.24, 2.45) is 0 Å². The lowest BCUT2D eigenvalue weighted by Crippen LogP contribution is -2.45. The predicted octanol–water partition coefficient (Wildman–Crippen LogP) is 1.13. The molecule has 1 saturated heterocycles. The zero-order valence-corrected chi connectivity index (χ0v) is 12.7. The van der Waals surface area contributed by atoms with Crippen LogP contribution >= 0.6 is 0 Å².